The maximum absolute atomic E-state index is 5.07. The molecular weight excluding hydrogens is 140 g/mol. The molecule has 2 aromatic heterocycles. The number of nitrogens with zero attached hydrogens (tertiary/aromatic N) is 2. The minimum atomic E-state index is 0.567. The Bertz CT molecular complexity index is 315. The normalized spacial score (nSPS) is 9.82. The molecule has 0 spiro atoms. The van der Waals surface area contributed by atoms with Gasteiger partial charge in [-0.05, 0) is 18.2 Å². The van der Waals surface area contributed by atoms with Gasteiger partial charge in [0, 0.05) is 6.20 Å². The van der Waals surface area contributed by atoms with Crippen LogP contribution >= 0.6 is 0 Å². The lowest BCUT2D eigenvalue weighted by Crippen LogP contribution is -1.83. The molecule has 0 fully saturated rings. The highest BCUT2D eigenvalue weighted by Crippen LogP contribution is 2.12. The summed E-state index contributed by atoms with van der Waals surface area (Å²) < 4.78 is 5.07. The third kappa shape index (κ3) is 1.12. The second-order valence-corrected chi connectivity index (χ2v) is 1.99. The standard InChI is InChI=1S/C8H5N2O/c1-3-7(11-6-1)8-9-4-2-5-10-8/h1-4,6H. The minimum Gasteiger partial charge on any atom is -0.461 e. The molecule has 0 aliphatic rings. The molecule has 0 aromatic carbocycles. The van der Waals surface area contributed by atoms with E-state index in [-0.39, 0.29) is 0 Å². The Labute approximate surface area is 63.7 Å². The van der Waals surface area contributed by atoms with E-state index in [4.69, 9.17) is 4.42 Å². The predicted molar refractivity (Wildman–Crippen MR) is 38.6 cm³/mol. The quantitative estimate of drug-likeness (QED) is 0.610. The Balaban J connectivity index is 2.46. The zero-order valence-electron chi connectivity index (χ0n) is 5.69. The molecule has 2 heterocycles. The van der Waals surface area contributed by atoms with Crippen molar-refractivity contribution in [3.63, 3.8) is 0 Å². The van der Waals surface area contributed by atoms with Crippen molar-refractivity contribution in [3.8, 4) is 11.6 Å². The van der Waals surface area contributed by atoms with Gasteiger partial charge in [0.25, 0.3) is 0 Å². The maximum Gasteiger partial charge on any atom is 0.196 e. The van der Waals surface area contributed by atoms with Gasteiger partial charge >= 0.3 is 0 Å². The Kier molecular flexibility index (Phi) is 1.41. The summed E-state index contributed by atoms with van der Waals surface area (Å²) in [5, 5.41) is 0. The molecule has 1 radical (unpaired) electrons. The van der Waals surface area contributed by atoms with Gasteiger partial charge in [-0.15, -0.1) is 0 Å². The molecule has 11 heavy (non-hydrogen) atoms. The largest absolute Gasteiger partial charge is 0.461 e. The lowest BCUT2D eigenvalue weighted by molar-refractivity contribution is 0.577. The third-order valence-corrected chi connectivity index (χ3v) is 1.26. The first-order valence-corrected chi connectivity index (χ1v) is 3.20. The first-order valence-electron chi connectivity index (χ1n) is 3.20. The zero-order chi connectivity index (χ0) is 7.52. The fourth-order valence-electron chi connectivity index (χ4n) is 0.793. The van der Waals surface area contributed by atoms with Crippen LogP contribution in [0.25, 0.3) is 11.6 Å². The Morgan fingerprint density at radius 3 is 3.09 bits per heavy atom. The van der Waals surface area contributed by atoms with Crippen LogP contribution in [-0.2, 0) is 0 Å². The molecule has 53 valence electrons. The highest BCUT2D eigenvalue weighted by atomic mass is 16.3. The summed E-state index contributed by atoms with van der Waals surface area (Å²) >= 11 is 0. The van der Waals surface area contributed by atoms with Crippen molar-refractivity contribution in [1.82, 2.24) is 9.97 Å². The van der Waals surface area contributed by atoms with E-state index in [1.165, 1.54) is 0 Å². The zero-order valence-corrected chi connectivity index (χ0v) is 5.69. The second kappa shape index (κ2) is 2.54. The first-order chi connectivity index (χ1) is 5.47. The smallest absolute Gasteiger partial charge is 0.196 e. The van der Waals surface area contributed by atoms with E-state index in [9.17, 15) is 0 Å². The van der Waals surface area contributed by atoms with Crippen molar-refractivity contribution >= 4 is 0 Å². The van der Waals surface area contributed by atoms with E-state index in [2.05, 4.69) is 16.2 Å². The van der Waals surface area contributed by atoms with Crippen LogP contribution in [-0.4, -0.2) is 9.97 Å². The molecule has 3 heteroatoms. The molecule has 0 saturated carbocycles. The van der Waals surface area contributed by atoms with Gasteiger partial charge in [-0.3, -0.25) is 0 Å². The summed E-state index contributed by atoms with van der Waals surface area (Å²) in [4.78, 5) is 7.88. The van der Waals surface area contributed by atoms with Crippen LogP contribution in [0.4, 0.5) is 0 Å². The van der Waals surface area contributed by atoms with Crippen LogP contribution < -0.4 is 0 Å². The van der Waals surface area contributed by atoms with Crippen LogP contribution in [0.1, 0.15) is 0 Å². The minimum absolute atomic E-state index is 0.567. The number of hydrogen-bond acceptors (Lipinski definition) is 3. The van der Waals surface area contributed by atoms with Gasteiger partial charge in [-0.2, -0.15) is 0 Å². The Morgan fingerprint density at radius 2 is 2.45 bits per heavy atom. The number of aromatic nitrogens is 2. The third-order valence-electron chi connectivity index (χ3n) is 1.26. The van der Waals surface area contributed by atoms with Gasteiger partial charge in [0.1, 0.15) is 0 Å². The molecule has 0 aliphatic heterocycles. The highest BCUT2D eigenvalue weighted by Gasteiger charge is 2.00. The molecule has 2 aromatic rings. The van der Waals surface area contributed by atoms with Crippen LogP contribution in [0.15, 0.2) is 35.1 Å². The van der Waals surface area contributed by atoms with Gasteiger partial charge in [-0.25, -0.2) is 9.97 Å². The molecular formula is C8H5N2O. The Hall–Kier alpha value is -1.64. The first kappa shape index (κ1) is 6.09. The van der Waals surface area contributed by atoms with E-state index >= 15 is 0 Å². The molecule has 0 atom stereocenters. The van der Waals surface area contributed by atoms with Crippen LogP contribution in [0.5, 0.6) is 0 Å². The second-order valence-electron chi connectivity index (χ2n) is 1.99. The lowest BCUT2D eigenvalue weighted by Gasteiger charge is -1.89. The predicted octanol–water partition coefficient (Wildman–Crippen LogP) is 1.54. The van der Waals surface area contributed by atoms with Gasteiger partial charge in [0.2, 0.25) is 0 Å². The summed E-state index contributed by atoms with van der Waals surface area (Å²) in [6.45, 7) is 0. The van der Waals surface area contributed by atoms with Gasteiger partial charge < -0.3 is 4.42 Å². The van der Waals surface area contributed by atoms with E-state index in [1.807, 2.05) is 6.07 Å². The van der Waals surface area contributed by atoms with Crippen molar-refractivity contribution in [2.75, 3.05) is 0 Å². The van der Waals surface area contributed by atoms with Crippen molar-refractivity contribution in [2.24, 2.45) is 0 Å². The number of hydrogen-bond donors (Lipinski definition) is 0. The topological polar surface area (TPSA) is 38.9 Å². The molecule has 0 amide bonds. The summed E-state index contributed by atoms with van der Waals surface area (Å²) in [7, 11) is 0. The summed E-state index contributed by atoms with van der Waals surface area (Å²) in [6, 6.07) is 5.25. The van der Waals surface area contributed by atoms with E-state index < -0.39 is 0 Å². The average molecular weight is 145 g/mol. The van der Waals surface area contributed by atoms with Crippen molar-refractivity contribution in [1.29, 1.82) is 0 Å². The lowest BCUT2D eigenvalue weighted by atomic mass is 10.4. The maximum atomic E-state index is 5.07. The van der Waals surface area contributed by atoms with Crippen LogP contribution in [0, 0.1) is 6.20 Å². The Morgan fingerprint density at radius 1 is 1.45 bits per heavy atom. The van der Waals surface area contributed by atoms with Crippen LogP contribution in [0.3, 0.4) is 0 Å². The van der Waals surface area contributed by atoms with Gasteiger partial charge in [0.05, 0.1) is 12.5 Å². The average Bonchev–Trinajstić information content (AvgIpc) is 2.58. The number of rotatable bonds is 1. The van der Waals surface area contributed by atoms with Crippen molar-refractivity contribution in [2.45, 2.75) is 0 Å². The van der Waals surface area contributed by atoms with Crippen molar-refractivity contribution < 1.29 is 4.42 Å². The van der Waals surface area contributed by atoms with E-state index in [0.717, 1.165) is 0 Å². The monoisotopic (exact) mass is 145 g/mol. The molecule has 2 rings (SSSR count). The fourth-order valence-corrected chi connectivity index (χ4v) is 0.793. The molecule has 3 nitrogen and oxygen atoms in total. The molecule has 0 N–H and O–H groups in total. The SMILES string of the molecule is [c]1ccnc(-c2ccco2)n1. The summed E-state index contributed by atoms with van der Waals surface area (Å²) in [5.74, 6) is 1.24. The van der Waals surface area contributed by atoms with Gasteiger partial charge in [0.15, 0.2) is 11.6 Å². The summed E-state index contributed by atoms with van der Waals surface area (Å²) in [5.41, 5.74) is 0. The molecule has 0 saturated heterocycles. The summed E-state index contributed by atoms with van der Waals surface area (Å²) in [6.07, 6.45) is 5.90. The fraction of sp³-hybridized carbons (Fsp3) is 0. The van der Waals surface area contributed by atoms with Gasteiger partial charge in [-0.1, -0.05) is 0 Å². The highest BCUT2D eigenvalue weighted by molar-refractivity contribution is 5.44. The van der Waals surface area contributed by atoms with E-state index in [0.29, 0.717) is 11.6 Å². The van der Waals surface area contributed by atoms with Crippen LogP contribution in [0.2, 0.25) is 0 Å². The molecule has 0 aliphatic carbocycles. The molecule has 0 unspecified atom stereocenters. The van der Waals surface area contributed by atoms with Crippen molar-refractivity contribution in [3.05, 3.63) is 36.9 Å². The molecule has 0 bridgehead atoms. The number of furan rings is 1. The van der Waals surface area contributed by atoms with E-state index in [1.54, 1.807) is 24.6 Å².